The minimum absolute atomic E-state index is 0.0766. The smallest absolute Gasteiger partial charge is 0.423 e. The van der Waals surface area contributed by atoms with Crippen molar-refractivity contribution < 1.29 is 36.9 Å². The zero-order valence-electron chi connectivity index (χ0n) is 17.7. The van der Waals surface area contributed by atoms with Gasteiger partial charge in [-0.25, -0.2) is 9.59 Å². The molecule has 3 rings (SSSR count). The Morgan fingerprint density at radius 3 is 2.76 bits per heavy atom. The molecule has 1 N–H and O–H groups in total. The van der Waals surface area contributed by atoms with E-state index >= 15 is 0 Å². The third-order valence-electron chi connectivity index (χ3n) is 4.77. The molecule has 182 valence electrons. The highest BCUT2D eigenvalue weighted by molar-refractivity contribution is 8.13. The van der Waals surface area contributed by atoms with E-state index in [0.29, 0.717) is 21.4 Å². The monoisotopic (exact) mass is 500 g/mol. The second-order valence-corrected chi connectivity index (χ2v) is 7.92. The molecule has 9 nitrogen and oxygen atoms in total. The van der Waals surface area contributed by atoms with E-state index in [1.165, 1.54) is 7.11 Å². The number of nitrogens with zero attached hydrogens (tertiary/aromatic N) is 1. The number of nitrogens with one attached hydrogen (secondary N) is 1. The molecule has 0 amide bonds. The van der Waals surface area contributed by atoms with Crippen molar-refractivity contribution >= 4 is 17.1 Å². The number of methoxy groups -OCH3 is 1. The molecular formula is C21H19F3N2O7S. The number of thioether (sulfide) groups is 1. The number of terminal acetylenes is 1. The molecule has 13 heteroatoms. The number of para-hydroxylation sites is 1. The number of ether oxygens (including phenoxy) is 4. The Bertz CT molecular complexity index is 1190. The van der Waals surface area contributed by atoms with Crippen LogP contribution in [0, 0.1) is 12.3 Å². The van der Waals surface area contributed by atoms with Crippen molar-refractivity contribution in [3.63, 3.8) is 0 Å². The molecule has 2 heterocycles. The van der Waals surface area contributed by atoms with Gasteiger partial charge in [-0.05, 0) is 23.9 Å². The van der Waals surface area contributed by atoms with Crippen LogP contribution in [0.1, 0.15) is 18.2 Å². The van der Waals surface area contributed by atoms with E-state index in [9.17, 15) is 27.6 Å². The summed E-state index contributed by atoms with van der Waals surface area (Å²) in [5.74, 6) is 2.73. The number of carbonyl (C=O) groups excluding carboxylic acids is 1. The zero-order valence-corrected chi connectivity index (χ0v) is 18.5. The lowest BCUT2D eigenvalue weighted by molar-refractivity contribution is -0.139. The first-order chi connectivity index (χ1) is 16.1. The maximum absolute atomic E-state index is 13.1. The normalized spacial score (nSPS) is 20.0. The molecule has 1 aromatic carbocycles. The van der Waals surface area contributed by atoms with Crippen molar-refractivity contribution in [1.29, 1.82) is 0 Å². The molecule has 2 aromatic rings. The molecule has 0 radical (unpaired) electrons. The summed E-state index contributed by atoms with van der Waals surface area (Å²) < 4.78 is 61.5. The van der Waals surface area contributed by atoms with Crippen LogP contribution in [0.3, 0.4) is 0 Å². The Morgan fingerprint density at radius 2 is 2.09 bits per heavy atom. The predicted octanol–water partition coefficient (Wildman–Crippen LogP) is 2.80. The van der Waals surface area contributed by atoms with Gasteiger partial charge in [0.1, 0.15) is 36.9 Å². The number of H-pyrrole nitrogens is 1. The van der Waals surface area contributed by atoms with E-state index in [1.54, 1.807) is 29.2 Å². The number of halogens is 3. The van der Waals surface area contributed by atoms with Crippen LogP contribution in [0.2, 0.25) is 0 Å². The summed E-state index contributed by atoms with van der Waals surface area (Å²) in [5.41, 5.74) is -4.21. The topological polar surface area (TPSA) is 109 Å². The molecule has 1 saturated heterocycles. The standard InChI is InChI=1S/C21H19F3N2O7S/c1-3-8-31-14-9-17(26-10-12(21(22,23)24)18(27)25-19(26)28)33-15(14)11-32-20(29)34-16-7-5-4-6-13(16)30-2/h1,4-7,10,14-15,17H,8-9,11H2,2H3,(H,25,27,28)/t14-,15+,17+/m0/s1. The van der Waals surface area contributed by atoms with Crippen molar-refractivity contribution in [1.82, 2.24) is 9.55 Å². The van der Waals surface area contributed by atoms with E-state index in [4.69, 9.17) is 25.4 Å². The van der Waals surface area contributed by atoms with Gasteiger partial charge in [-0.1, -0.05) is 18.1 Å². The van der Waals surface area contributed by atoms with E-state index in [-0.39, 0.29) is 19.6 Å². The van der Waals surface area contributed by atoms with Gasteiger partial charge < -0.3 is 18.9 Å². The number of aromatic nitrogens is 2. The summed E-state index contributed by atoms with van der Waals surface area (Å²) in [6.07, 6.45) is -2.42. The lowest BCUT2D eigenvalue weighted by Gasteiger charge is -2.18. The van der Waals surface area contributed by atoms with Crippen LogP contribution in [-0.2, 0) is 20.4 Å². The predicted molar refractivity (Wildman–Crippen MR) is 114 cm³/mol. The van der Waals surface area contributed by atoms with Gasteiger partial charge in [0, 0.05) is 12.6 Å². The number of hydrogen-bond acceptors (Lipinski definition) is 8. The number of aromatic amines is 1. The Hall–Kier alpha value is -3.21. The molecule has 0 unspecified atom stereocenters. The molecule has 1 aliphatic heterocycles. The van der Waals surface area contributed by atoms with E-state index < -0.39 is 46.7 Å². The number of benzene rings is 1. The molecule has 0 bridgehead atoms. The summed E-state index contributed by atoms with van der Waals surface area (Å²) in [5, 5.41) is -0.687. The van der Waals surface area contributed by atoms with Gasteiger partial charge in [-0.15, -0.1) is 6.42 Å². The van der Waals surface area contributed by atoms with Crippen LogP contribution in [0.15, 0.2) is 44.9 Å². The molecule has 0 aliphatic carbocycles. The zero-order chi connectivity index (χ0) is 24.9. The van der Waals surface area contributed by atoms with Crippen LogP contribution in [0.5, 0.6) is 5.75 Å². The summed E-state index contributed by atoms with van der Waals surface area (Å²) >= 11 is 0.768. The quantitative estimate of drug-likeness (QED) is 0.351. The summed E-state index contributed by atoms with van der Waals surface area (Å²) in [4.78, 5) is 38.1. The maximum Gasteiger partial charge on any atom is 0.423 e. The molecular weight excluding hydrogens is 481 g/mol. The van der Waals surface area contributed by atoms with E-state index in [0.717, 1.165) is 11.8 Å². The van der Waals surface area contributed by atoms with E-state index in [1.807, 2.05) is 0 Å². The SMILES string of the molecule is C#CCO[C@H]1C[C@H](n2cc(C(F)(F)F)c(=O)[nH]c2=O)O[C@@H]1COC(=O)Sc1ccccc1OC. The average Bonchev–Trinajstić information content (AvgIpc) is 3.18. The molecule has 34 heavy (non-hydrogen) atoms. The number of alkyl halides is 3. The third-order valence-corrected chi connectivity index (χ3v) is 5.61. The van der Waals surface area contributed by atoms with E-state index in [2.05, 4.69) is 5.92 Å². The highest BCUT2D eigenvalue weighted by Gasteiger charge is 2.40. The van der Waals surface area contributed by atoms with Gasteiger partial charge in [-0.3, -0.25) is 14.3 Å². The number of rotatable bonds is 7. The Balaban J connectivity index is 1.74. The first-order valence-electron chi connectivity index (χ1n) is 9.74. The molecule has 3 atom stereocenters. The fourth-order valence-corrected chi connectivity index (χ4v) is 3.93. The lowest BCUT2D eigenvalue weighted by Crippen LogP contribution is -2.36. The van der Waals surface area contributed by atoms with Crippen molar-refractivity contribution in [3.05, 3.63) is 56.9 Å². The number of carbonyl (C=O) groups is 1. The Kier molecular flexibility index (Phi) is 8.08. The fraction of sp³-hybridized carbons (Fsp3) is 0.381. The highest BCUT2D eigenvalue weighted by Crippen LogP contribution is 2.33. The highest BCUT2D eigenvalue weighted by atomic mass is 32.2. The average molecular weight is 500 g/mol. The van der Waals surface area contributed by atoms with Crippen LogP contribution in [0.4, 0.5) is 18.0 Å². The van der Waals surface area contributed by atoms with Crippen molar-refractivity contribution in [3.8, 4) is 18.1 Å². The summed E-state index contributed by atoms with van der Waals surface area (Å²) in [7, 11) is 1.45. The van der Waals surface area contributed by atoms with Crippen LogP contribution in [0.25, 0.3) is 0 Å². The third kappa shape index (κ3) is 6.02. The molecule has 1 aliphatic rings. The summed E-state index contributed by atoms with van der Waals surface area (Å²) in [6, 6.07) is 6.77. The van der Waals surface area contributed by atoms with Gasteiger partial charge in [-0.2, -0.15) is 13.2 Å². The maximum atomic E-state index is 13.1. The molecule has 1 fully saturated rings. The fourth-order valence-electron chi connectivity index (χ4n) is 3.23. The van der Waals surface area contributed by atoms with Crippen LogP contribution < -0.4 is 16.0 Å². The minimum atomic E-state index is -4.98. The van der Waals surface area contributed by atoms with Gasteiger partial charge in [0.15, 0.2) is 0 Å². The van der Waals surface area contributed by atoms with Crippen molar-refractivity contribution in [2.45, 2.75) is 35.9 Å². The van der Waals surface area contributed by atoms with Crippen molar-refractivity contribution in [2.75, 3.05) is 20.3 Å². The molecule has 0 saturated carbocycles. The second kappa shape index (κ2) is 10.8. The molecule has 1 aromatic heterocycles. The molecule has 0 spiro atoms. The van der Waals surface area contributed by atoms with Crippen LogP contribution in [-0.4, -0.2) is 47.4 Å². The Labute approximate surface area is 195 Å². The van der Waals surface area contributed by atoms with Gasteiger partial charge in [0.25, 0.3) is 5.56 Å². The van der Waals surface area contributed by atoms with Crippen LogP contribution >= 0.6 is 11.8 Å². The minimum Gasteiger partial charge on any atom is -0.496 e. The van der Waals surface area contributed by atoms with Gasteiger partial charge in [0.05, 0.1) is 18.1 Å². The largest absolute Gasteiger partial charge is 0.496 e. The first-order valence-corrected chi connectivity index (χ1v) is 10.6. The number of hydrogen-bond donors (Lipinski definition) is 1. The Morgan fingerprint density at radius 1 is 1.35 bits per heavy atom. The first kappa shape index (κ1) is 25.4. The van der Waals surface area contributed by atoms with Gasteiger partial charge in [0.2, 0.25) is 0 Å². The summed E-state index contributed by atoms with van der Waals surface area (Å²) in [6.45, 7) is -0.466. The lowest BCUT2D eigenvalue weighted by atomic mass is 10.2. The van der Waals surface area contributed by atoms with Crippen molar-refractivity contribution in [2.24, 2.45) is 0 Å². The van der Waals surface area contributed by atoms with Gasteiger partial charge >= 0.3 is 17.2 Å². The second-order valence-electron chi connectivity index (χ2n) is 6.94.